The molecule has 0 aromatic heterocycles. The van der Waals surface area contributed by atoms with Crippen LogP contribution in [0.2, 0.25) is 0 Å². The monoisotopic (exact) mass is 396 g/mol. The Morgan fingerprint density at radius 3 is 2.56 bits per heavy atom. The van der Waals surface area contributed by atoms with E-state index in [1.54, 1.807) is 16.4 Å². The number of rotatable bonds is 4. The minimum Gasteiger partial charge on any atom is -0.313 e. The van der Waals surface area contributed by atoms with Crippen molar-refractivity contribution in [3.63, 3.8) is 0 Å². The number of sulfonamides is 1. The third-order valence-corrected chi connectivity index (χ3v) is 6.47. The molecular weight excluding hydrogens is 384 g/mol. The molecule has 0 radical (unpaired) electrons. The summed E-state index contributed by atoms with van der Waals surface area (Å²) in [5, 5.41) is 3.10. The highest BCUT2D eigenvalue weighted by molar-refractivity contribution is 9.11. The van der Waals surface area contributed by atoms with E-state index >= 15 is 0 Å². The minimum atomic E-state index is -3.45. The zero-order valence-electron chi connectivity index (χ0n) is 9.86. The number of likely N-dealkylation sites (N-methyl/N-ethyl adjacent to an activating group) is 1. The molecule has 18 heavy (non-hydrogen) atoms. The van der Waals surface area contributed by atoms with Crippen molar-refractivity contribution in [1.82, 2.24) is 9.62 Å². The maximum Gasteiger partial charge on any atom is 0.244 e. The summed E-state index contributed by atoms with van der Waals surface area (Å²) in [6.45, 7) is 3.78. The Morgan fingerprint density at radius 2 is 2.06 bits per heavy atom. The predicted octanol–water partition coefficient (Wildman–Crippen LogP) is 2.19. The van der Waals surface area contributed by atoms with Crippen LogP contribution in [-0.2, 0) is 10.0 Å². The number of benzene rings is 1. The van der Waals surface area contributed by atoms with Crippen LogP contribution in [0.3, 0.4) is 0 Å². The fourth-order valence-corrected chi connectivity index (χ4v) is 5.00. The molecule has 100 valence electrons. The SMILES string of the molecule is CCN(C1CNC1)S(=O)(=O)c1cc(Br)ccc1Br. The average molecular weight is 398 g/mol. The van der Waals surface area contributed by atoms with Crippen LogP contribution in [0.1, 0.15) is 6.92 Å². The van der Waals surface area contributed by atoms with Gasteiger partial charge >= 0.3 is 0 Å². The predicted molar refractivity (Wildman–Crippen MR) is 78.1 cm³/mol. The first-order valence-electron chi connectivity index (χ1n) is 5.64. The Kier molecular flexibility index (Phi) is 4.48. The van der Waals surface area contributed by atoms with E-state index in [1.807, 2.05) is 13.0 Å². The van der Waals surface area contributed by atoms with Gasteiger partial charge in [0.2, 0.25) is 10.0 Å². The molecule has 0 bridgehead atoms. The van der Waals surface area contributed by atoms with Crippen LogP contribution in [0.25, 0.3) is 0 Å². The van der Waals surface area contributed by atoms with Gasteiger partial charge in [0.25, 0.3) is 0 Å². The summed E-state index contributed by atoms with van der Waals surface area (Å²) in [4.78, 5) is 0.311. The van der Waals surface area contributed by atoms with Gasteiger partial charge in [-0.3, -0.25) is 0 Å². The molecule has 0 atom stereocenters. The lowest BCUT2D eigenvalue weighted by Crippen LogP contribution is -2.58. The normalized spacial score (nSPS) is 16.9. The molecule has 1 aromatic rings. The molecular formula is C11H14Br2N2O2S. The van der Waals surface area contributed by atoms with Crippen molar-refractivity contribution in [3.8, 4) is 0 Å². The maximum absolute atomic E-state index is 12.6. The zero-order chi connectivity index (χ0) is 13.3. The standard InChI is InChI=1S/C11H14Br2N2O2S/c1-2-15(9-6-14-7-9)18(16,17)11-5-8(12)3-4-10(11)13/h3-5,9,14H,2,6-7H2,1H3. The zero-order valence-corrected chi connectivity index (χ0v) is 13.8. The van der Waals surface area contributed by atoms with E-state index in [0.29, 0.717) is 15.9 Å². The van der Waals surface area contributed by atoms with Crippen LogP contribution in [-0.4, -0.2) is 38.4 Å². The lowest BCUT2D eigenvalue weighted by Gasteiger charge is -2.36. The molecule has 1 aliphatic rings. The van der Waals surface area contributed by atoms with Crippen molar-refractivity contribution in [2.45, 2.75) is 17.9 Å². The van der Waals surface area contributed by atoms with Crippen molar-refractivity contribution in [1.29, 1.82) is 0 Å². The molecule has 0 unspecified atom stereocenters. The molecule has 4 nitrogen and oxygen atoms in total. The first-order valence-corrected chi connectivity index (χ1v) is 8.67. The van der Waals surface area contributed by atoms with Crippen LogP contribution in [0, 0.1) is 0 Å². The van der Waals surface area contributed by atoms with E-state index in [0.717, 1.165) is 17.6 Å². The Hall–Kier alpha value is 0.0500. The fraction of sp³-hybridized carbons (Fsp3) is 0.455. The first-order chi connectivity index (χ1) is 8.46. The smallest absolute Gasteiger partial charge is 0.244 e. The van der Waals surface area contributed by atoms with Gasteiger partial charge in [-0.05, 0) is 34.1 Å². The van der Waals surface area contributed by atoms with Gasteiger partial charge in [0, 0.05) is 28.6 Å². The summed E-state index contributed by atoms with van der Waals surface area (Å²) in [7, 11) is -3.45. The fourth-order valence-electron chi connectivity index (χ4n) is 1.90. The lowest BCUT2D eigenvalue weighted by molar-refractivity contribution is 0.249. The van der Waals surface area contributed by atoms with Crippen molar-refractivity contribution in [2.24, 2.45) is 0 Å². The molecule has 1 heterocycles. The second-order valence-corrected chi connectivity index (χ2v) is 7.72. The summed E-state index contributed by atoms with van der Waals surface area (Å²) in [5.41, 5.74) is 0. The van der Waals surface area contributed by atoms with E-state index in [1.165, 1.54) is 0 Å². The van der Waals surface area contributed by atoms with Crippen molar-refractivity contribution >= 4 is 41.9 Å². The van der Waals surface area contributed by atoms with Crippen LogP contribution < -0.4 is 5.32 Å². The van der Waals surface area contributed by atoms with E-state index in [9.17, 15) is 8.42 Å². The summed E-state index contributed by atoms with van der Waals surface area (Å²) in [5.74, 6) is 0. The van der Waals surface area contributed by atoms with Gasteiger partial charge in [-0.15, -0.1) is 0 Å². The van der Waals surface area contributed by atoms with E-state index < -0.39 is 10.0 Å². The summed E-state index contributed by atoms with van der Waals surface area (Å²) in [6.07, 6.45) is 0. The van der Waals surface area contributed by atoms with Crippen LogP contribution in [0.15, 0.2) is 32.0 Å². The summed E-state index contributed by atoms with van der Waals surface area (Å²) in [6, 6.07) is 5.24. The molecule has 0 spiro atoms. The number of hydrogen-bond acceptors (Lipinski definition) is 3. The molecule has 7 heteroatoms. The number of nitrogens with one attached hydrogen (secondary N) is 1. The van der Waals surface area contributed by atoms with Crippen LogP contribution in [0.4, 0.5) is 0 Å². The second-order valence-electron chi connectivity index (χ2n) is 4.10. The quantitative estimate of drug-likeness (QED) is 0.847. The van der Waals surface area contributed by atoms with Crippen molar-refractivity contribution in [2.75, 3.05) is 19.6 Å². The summed E-state index contributed by atoms with van der Waals surface area (Å²) >= 11 is 6.62. The van der Waals surface area contributed by atoms with Gasteiger partial charge in [-0.2, -0.15) is 4.31 Å². The van der Waals surface area contributed by atoms with Gasteiger partial charge < -0.3 is 5.32 Å². The minimum absolute atomic E-state index is 0.0610. The molecule has 1 aromatic carbocycles. The largest absolute Gasteiger partial charge is 0.313 e. The highest BCUT2D eigenvalue weighted by atomic mass is 79.9. The third-order valence-electron chi connectivity index (χ3n) is 2.96. The maximum atomic E-state index is 12.6. The molecule has 1 N–H and O–H groups in total. The van der Waals surface area contributed by atoms with E-state index in [2.05, 4.69) is 37.2 Å². The summed E-state index contributed by atoms with van der Waals surface area (Å²) < 4.78 is 28.1. The third kappa shape index (κ3) is 2.65. The number of hydrogen-bond donors (Lipinski definition) is 1. The molecule has 0 aliphatic carbocycles. The van der Waals surface area contributed by atoms with E-state index in [-0.39, 0.29) is 6.04 Å². The van der Waals surface area contributed by atoms with E-state index in [4.69, 9.17) is 0 Å². The Balaban J connectivity index is 2.42. The van der Waals surface area contributed by atoms with Gasteiger partial charge in [-0.1, -0.05) is 22.9 Å². The van der Waals surface area contributed by atoms with Crippen LogP contribution >= 0.6 is 31.9 Å². The highest BCUT2D eigenvalue weighted by Crippen LogP contribution is 2.29. The average Bonchev–Trinajstić information content (AvgIpc) is 2.26. The first kappa shape index (κ1) is 14.5. The van der Waals surface area contributed by atoms with Gasteiger partial charge in [-0.25, -0.2) is 8.42 Å². The van der Waals surface area contributed by atoms with Gasteiger partial charge in [0.15, 0.2) is 0 Å². The molecule has 1 aliphatic heterocycles. The second kappa shape index (κ2) is 5.58. The van der Waals surface area contributed by atoms with Crippen molar-refractivity contribution < 1.29 is 8.42 Å². The van der Waals surface area contributed by atoms with Gasteiger partial charge in [0.1, 0.15) is 0 Å². The highest BCUT2D eigenvalue weighted by Gasteiger charge is 2.34. The molecule has 0 saturated carbocycles. The molecule has 1 saturated heterocycles. The Labute approximate surface area is 124 Å². The Morgan fingerprint density at radius 1 is 1.39 bits per heavy atom. The number of halogens is 2. The van der Waals surface area contributed by atoms with Crippen molar-refractivity contribution in [3.05, 3.63) is 27.1 Å². The van der Waals surface area contributed by atoms with Crippen LogP contribution in [0.5, 0.6) is 0 Å². The Bertz CT molecular complexity index is 544. The number of nitrogens with zero attached hydrogens (tertiary/aromatic N) is 1. The molecule has 1 fully saturated rings. The molecule has 2 rings (SSSR count). The molecule has 0 amide bonds. The van der Waals surface area contributed by atoms with Gasteiger partial charge in [0.05, 0.1) is 10.9 Å². The topological polar surface area (TPSA) is 49.4 Å². The lowest BCUT2D eigenvalue weighted by atomic mass is 10.2.